The maximum Gasteiger partial charge on any atom is 0.411 e. The van der Waals surface area contributed by atoms with Gasteiger partial charge in [-0.1, -0.05) is 47.5 Å². The Bertz CT molecular complexity index is 877. The van der Waals surface area contributed by atoms with Gasteiger partial charge in [-0.15, -0.1) is 11.8 Å². The van der Waals surface area contributed by atoms with Crippen LogP contribution in [0.15, 0.2) is 48.5 Å². The Morgan fingerprint density at radius 1 is 1.25 bits per heavy atom. The Hall–Kier alpha value is -1.89. The first-order valence-electron chi connectivity index (χ1n) is 8.65. The maximum atomic E-state index is 12.6. The van der Waals surface area contributed by atoms with Gasteiger partial charge < -0.3 is 9.64 Å². The molecular weight excluding hydrogens is 419 g/mol. The van der Waals surface area contributed by atoms with Crippen LogP contribution in [0.4, 0.5) is 10.5 Å². The molecule has 0 unspecified atom stereocenters. The Morgan fingerprint density at radius 2 is 1.96 bits per heavy atom. The topological polar surface area (TPSA) is 58.6 Å². The lowest BCUT2D eigenvalue weighted by Gasteiger charge is -2.39. The minimum absolute atomic E-state index is 0.0296. The third-order valence-electron chi connectivity index (χ3n) is 4.33. The number of para-hydroxylation sites is 1. The van der Waals surface area contributed by atoms with Crippen molar-refractivity contribution >= 4 is 52.7 Å². The van der Waals surface area contributed by atoms with Gasteiger partial charge >= 0.3 is 6.09 Å². The van der Waals surface area contributed by atoms with Crippen LogP contribution in [0.1, 0.15) is 24.8 Å². The highest BCUT2D eigenvalue weighted by Gasteiger charge is 2.43. The zero-order valence-corrected chi connectivity index (χ0v) is 17.8. The quantitative estimate of drug-likeness (QED) is 0.660. The molecule has 28 heavy (non-hydrogen) atoms. The Kier molecular flexibility index (Phi) is 6.43. The SMILES string of the molecule is CC(C)(COC(=O)Nc1ccccc1)N1C(=O)CS[C@H]1c1ccc(Cl)cc1Cl. The molecule has 0 bridgehead atoms. The van der Waals surface area contributed by atoms with E-state index in [1.54, 1.807) is 29.2 Å². The fraction of sp³-hybridized carbons (Fsp3) is 0.300. The summed E-state index contributed by atoms with van der Waals surface area (Å²) in [5.74, 6) is 0.307. The minimum Gasteiger partial charge on any atom is -0.447 e. The Balaban J connectivity index is 1.71. The van der Waals surface area contributed by atoms with Gasteiger partial charge in [0.05, 0.1) is 11.3 Å². The van der Waals surface area contributed by atoms with Crippen molar-refractivity contribution in [2.24, 2.45) is 0 Å². The zero-order valence-electron chi connectivity index (χ0n) is 15.4. The van der Waals surface area contributed by atoms with Crippen molar-refractivity contribution in [1.29, 1.82) is 0 Å². The summed E-state index contributed by atoms with van der Waals surface area (Å²) in [6.07, 6.45) is -0.570. The second kappa shape index (κ2) is 8.64. The highest BCUT2D eigenvalue weighted by molar-refractivity contribution is 8.00. The molecular formula is C20H20Cl2N2O3S. The van der Waals surface area contributed by atoms with Crippen LogP contribution >= 0.6 is 35.0 Å². The minimum atomic E-state index is -0.720. The second-order valence-corrected chi connectivity index (χ2v) is 8.88. The average molecular weight is 439 g/mol. The first-order chi connectivity index (χ1) is 13.3. The predicted molar refractivity (Wildman–Crippen MR) is 114 cm³/mol. The number of halogens is 2. The maximum absolute atomic E-state index is 12.6. The van der Waals surface area contributed by atoms with Gasteiger partial charge in [-0.05, 0) is 38.1 Å². The third kappa shape index (κ3) is 4.74. The standard InChI is InChI=1S/C20H20Cl2N2O3S/c1-20(2,12-27-19(26)23-14-6-4-3-5-7-14)24-17(25)11-28-18(24)15-9-8-13(21)10-16(15)22/h3-10,18H,11-12H2,1-2H3,(H,23,26)/t18-/m0/s1. The molecule has 1 N–H and O–H groups in total. The van der Waals surface area contributed by atoms with Crippen LogP contribution in [-0.2, 0) is 9.53 Å². The lowest BCUT2D eigenvalue weighted by molar-refractivity contribution is -0.134. The van der Waals surface area contributed by atoms with Gasteiger partial charge in [0.15, 0.2) is 0 Å². The summed E-state index contributed by atoms with van der Waals surface area (Å²) in [5, 5.41) is 3.44. The molecule has 0 saturated carbocycles. The van der Waals surface area contributed by atoms with E-state index in [9.17, 15) is 9.59 Å². The fourth-order valence-electron chi connectivity index (χ4n) is 3.00. The molecule has 5 nitrogen and oxygen atoms in total. The van der Waals surface area contributed by atoms with E-state index in [0.29, 0.717) is 21.5 Å². The van der Waals surface area contributed by atoms with Crippen LogP contribution < -0.4 is 5.32 Å². The molecule has 1 aliphatic heterocycles. The Labute approximate surface area is 178 Å². The number of carbonyl (C=O) groups excluding carboxylic acids is 2. The highest BCUT2D eigenvalue weighted by atomic mass is 35.5. The summed E-state index contributed by atoms with van der Waals surface area (Å²) in [7, 11) is 0. The molecule has 0 aliphatic carbocycles. The van der Waals surface area contributed by atoms with E-state index in [0.717, 1.165) is 5.56 Å². The van der Waals surface area contributed by atoms with Gasteiger partial charge in [-0.3, -0.25) is 10.1 Å². The summed E-state index contributed by atoms with van der Waals surface area (Å²) in [4.78, 5) is 26.4. The lowest BCUT2D eigenvalue weighted by atomic mass is 10.0. The smallest absolute Gasteiger partial charge is 0.411 e. The number of ether oxygens (including phenoxy) is 1. The van der Waals surface area contributed by atoms with Crippen molar-refractivity contribution in [2.75, 3.05) is 17.7 Å². The number of benzene rings is 2. The van der Waals surface area contributed by atoms with Crippen molar-refractivity contribution in [1.82, 2.24) is 4.90 Å². The number of nitrogens with zero attached hydrogens (tertiary/aromatic N) is 1. The van der Waals surface area contributed by atoms with E-state index >= 15 is 0 Å². The number of carbonyl (C=O) groups is 2. The molecule has 2 aromatic rings. The van der Waals surface area contributed by atoms with Crippen LogP contribution in [0.3, 0.4) is 0 Å². The van der Waals surface area contributed by atoms with E-state index in [1.807, 2.05) is 38.1 Å². The van der Waals surface area contributed by atoms with Crippen LogP contribution in [0.5, 0.6) is 0 Å². The number of rotatable bonds is 5. The highest BCUT2D eigenvalue weighted by Crippen LogP contribution is 2.45. The molecule has 1 heterocycles. The van der Waals surface area contributed by atoms with Crippen LogP contribution in [0.25, 0.3) is 0 Å². The van der Waals surface area contributed by atoms with Gasteiger partial charge in [0.1, 0.15) is 12.0 Å². The van der Waals surface area contributed by atoms with E-state index in [4.69, 9.17) is 27.9 Å². The van der Waals surface area contributed by atoms with Gasteiger partial charge in [0.2, 0.25) is 5.91 Å². The lowest BCUT2D eigenvalue weighted by Crippen LogP contribution is -2.50. The van der Waals surface area contributed by atoms with Gasteiger partial charge in [0, 0.05) is 21.3 Å². The number of hydrogen-bond acceptors (Lipinski definition) is 4. The van der Waals surface area contributed by atoms with E-state index in [1.165, 1.54) is 11.8 Å². The predicted octanol–water partition coefficient (Wildman–Crippen LogP) is 5.59. The second-order valence-electron chi connectivity index (χ2n) is 6.97. The van der Waals surface area contributed by atoms with Crippen LogP contribution in [0.2, 0.25) is 10.0 Å². The fourth-order valence-corrected chi connectivity index (χ4v) is 4.95. The number of nitrogens with one attached hydrogen (secondary N) is 1. The normalized spacial score (nSPS) is 16.9. The largest absolute Gasteiger partial charge is 0.447 e. The summed E-state index contributed by atoms with van der Waals surface area (Å²) in [6, 6.07) is 14.3. The van der Waals surface area contributed by atoms with Crippen molar-refractivity contribution in [2.45, 2.75) is 24.8 Å². The van der Waals surface area contributed by atoms with E-state index < -0.39 is 11.6 Å². The molecule has 3 rings (SSSR count). The average Bonchev–Trinajstić information content (AvgIpc) is 3.03. The first kappa shape index (κ1) is 20.8. The molecule has 148 valence electrons. The monoisotopic (exact) mass is 438 g/mol. The van der Waals surface area contributed by atoms with Gasteiger partial charge in [-0.25, -0.2) is 4.79 Å². The number of amides is 2. The van der Waals surface area contributed by atoms with Crippen molar-refractivity contribution in [3.63, 3.8) is 0 Å². The van der Waals surface area contributed by atoms with Gasteiger partial charge in [0.25, 0.3) is 0 Å². The van der Waals surface area contributed by atoms with Crippen molar-refractivity contribution in [3.8, 4) is 0 Å². The molecule has 1 fully saturated rings. The molecule has 1 aliphatic rings. The summed E-state index contributed by atoms with van der Waals surface area (Å²) < 4.78 is 5.40. The molecule has 2 aromatic carbocycles. The summed E-state index contributed by atoms with van der Waals surface area (Å²) in [6.45, 7) is 3.77. The van der Waals surface area contributed by atoms with Crippen LogP contribution in [-0.4, -0.2) is 34.8 Å². The molecule has 1 atom stereocenters. The molecule has 1 saturated heterocycles. The summed E-state index contributed by atoms with van der Waals surface area (Å²) >= 11 is 13.8. The van der Waals surface area contributed by atoms with Crippen molar-refractivity contribution in [3.05, 3.63) is 64.1 Å². The van der Waals surface area contributed by atoms with Crippen LogP contribution in [0, 0.1) is 0 Å². The number of hydrogen-bond donors (Lipinski definition) is 1. The third-order valence-corrected chi connectivity index (χ3v) is 6.08. The number of anilines is 1. The molecule has 8 heteroatoms. The molecule has 0 aromatic heterocycles. The first-order valence-corrected chi connectivity index (χ1v) is 10.5. The molecule has 0 spiro atoms. The molecule has 0 radical (unpaired) electrons. The van der Waals surface area contributed by atoms with Gasteiger partial charge in [-0.2, -0.15) is 0 Å². The van der Waals surface area contributed by atoms with E-state index in [-0.39, 0.29) is 17.9 Å². The zero-order chi connectivity index (χ0) is 20.3. The number of thioether (sulfide) groups is 1. The Morgan fingerprint density at radius 3 is 2.64 bits per heavy atom. The van der Waals surface area contributed by atoms with E-state index in [2.05, 4.69) is 5.32 Å². The summed E-state index contributed by atoms with van der Waals surface area (Å²) in [5.41, 5.74) is 0.732. The van der Waals surface area contributed by atoms with Crippen molar-refractivity contribution < 1.29 is 14.3 Å². The molecule has 2 amide bonds.